The van der Waals surface area contributed by atoms with E-state index < -0.39 is 6.10 Å². The van der Waals surface area contributed by atoms with Crippen molar-refractivity contribution in [3.8, 4) is 5.75 Å². The summed E-state index contributed by atoms with van der Waals surface area (Å²) in [5.74, 6) is 0.532. The van der Waals surface area contributed by atoms with E-state index in [-0.39, 0.29) is 18.2 Å². The van der Waals surface area contributed by atoms with Gasteiger partial charge in [0, 0.05) is 19.5 Å². The van der Waals surface area contributed by atoms with Gasteiger partial charge in [0.05, 0.1) is 5.69 Å². The monoisotopic (exact) mass is 338 g/mol. The van der Waals surface area contributed by atoms with E-state index in [1.54, 1.807) is 4.90 Å². The number of rotatable bonds is 6. The minimum Gasteiger partial charge on any atom is -0.478 e. The highest BCUT2D eigenvalue weighted by Crippen LogP contribution is 2.34. The van der Waals surface area contributed by atoms with Crippen molar-refractivity contribution in [2.45, 2.75) is 32.4 Å². The Bertz CT molecular complexity index is 746. The molecule has 0 saturated heterocycles. The summed E-state index contributed by atoms with van der Waals surface area (Å²) in [4.78, 5) is 26.4. The summed E-state index contributed by atoms with van der Waals surface area (Å²) in [5, 5.41) is 2.89. The number of fused-ring (bicyclic) bond motifs is 1. The topological polar surface area (TPSA) is 58.6 Å². The number of hydrogen-bond acceptors (Lipinski definition) is 3. The van der Waals surface area contributed by atoms with Gasteiger partial charge >= 0.3 is 0 Å². The third kappa shape index (κ3) is 3.99. The number of nitrogens with one attached hydrogen (secondary N) is 1. The fourth-order valence-corrected chi connectivity index (χ4v) is 2.86. The Morgan fingerprint density at radius 3 is 2.60 bits per heavy atom. The highest BCUT2D eigenvalue weighted by Gasteiger charge is 2.32. The highest BCUT2D eigenvalue weighted by atomic mass is 16.5. The van der Waals surface area contributed by atoms with E-state index in [9.17, 15) is 9.59 Å². The number of carbonyl (C=O) groups excluding carboxylic acids is 2. The van der Waals surface area contributed by atoms with Gasteiger partial charge in [-0.2, -0.15) is 0 Å². The van der Waals surface area contributed by atoms with Crippen LogP contribution in [-0.2, 0) is 16.1 Å². The SMILES string of the molecule is CCC1Oc2ccccc2N(CCC(=O)NCc2ccccc2)C1=O. The first-order valence-electron chi connectivity index (χ1n) is 8.56. The molecule has 130 valence electrons. The van der Waals surface area contributed by atoms with E-state index in [1.165, 1.54) is 0 Å². The quantitative estimate of drug-likeness (QED) is 0.881. The Balaban J connectivity index is 1.61. The Morgan fingerprint density at radius 1 is 1.12 bits per heavy atom. The number of nitrogens with zero attached hydrogens (tertiary/aromatic N) is 1. The van der Waals surface area contributed by atoms with Gasteiger partial charge in [0.25, 0.3) is 5.91 Å². The fraction of sp³-hybridized carbons (Fsp3) is 0.300. The van der Waals surface area contributed by atoms with E-state index >= 15 is 0 Å². The molecule has 0 spiro atoms. The third-order valence-electron chi connectivity index (χ3n) is 4.23. The second kappa shape index (κ2) is 7.83. The maximum Gasteiger partial charge on any atom is 0.268 e. The molecule has 2 aromatic rings. The van der Waals surface area contributed by atoms with Gasteiger partial charge in [0.1, 0.15) is 5.75 Å². The molecular formula is C20H22N2O3. The molecule has 5 heteroatoms. The number of hydrogen-bond donors (Lipinski definition) is 1. The molecule has 5 nitrogen and oxygen atoms in total. The normalized spacial score (nSPS) is 16.1. The van der Waals surface area contributed by atoms with Crippen molar-refractivity contribution in [2.75, 3.05) is 11.4 Å². The van der Waals surface area contributed by atoms with Crippen molar-refractivity contribution in [1.29, 1.82) is 0 Å². The molecule has 1 unspecified atom stereocenters. The lowest BCUT2D eigenvalue weighted by molar-refractivity contribution is -0.126. The molecular weight excluding hydrogens is 316 g/mol. The molecule has 3 rings (SSSR count). The van der Waals surface area contributed by atoms with E-state index in [4.69, 9.17) is 4.74 Å². The van der Waals surface area contributed by atoms with Crippen LogP contribution in [0.5, 0.6) is 5.75 Å². The predicted molar refractivity (Wildman–Crippen MR) is 96.4 cm³/mol. The van der Waals surface area contributed by atoms with Crippen molar-refractivity contribution in [1.82, 2.24) is 5.32 Å². The summed E-state index contributed by atoms with van der Waals surface area (Å²) in [7, 11) is 0. The van der Waals surface area contributed by atoms with Crippen LogP contribution in [0.3, 0.4) is 0 Å². The van der Waals surface area contributed by atoms with Crippen LogP contribution in [0, 0.1) is 0 Å². The zero-order valence-electron chi connectivity index (χ0n) is 14.3. The standard InChI is InChI=1S/C20H22N2O3/c1-2-17-20(24)22(16-10-6-7-11-18(16)25-17)13-12-19(23)21-14-15-8-4-3-5-9-15/h3-11,17H,2,12-14H2,1H3,(H,21,23). The second-order valence-electron chi connectivity index (χ2n) is 5.98. The van der Waals surface area contributed by atoms with Crippen molar-refractivity contribution < 1.29 is 14.3 Å². The summed E-state index contributed by atoms with van der Waals surface area (Å²) < 4.78 is 5.74. The van der Waals surface area contributed by atoms with Gasteiger partial charge in [-0.05, 0) is 24.1 Å². The molecule has 25 heavy (non-hydrogen) atoms. The maximum atomic E-state index is 12.6. The van der Waals surface area contributed by atoms with Gasteiger partial charge in [-0.3, -0.25) is 9.59 Å². The van der Waals surface area contributed by atoms with Crippen molar-refractivity contribution >= 4 is 17.5 Å². The molecule has 1 heterocycles. The molecule has 1 aliphatic heterocycles. The number of carbonyl (C=O) groups is 2. The van der Waals surface area contributed by atoms with Crippen LogP contribution in [0.15, 0.2) is 54.6 Å². The van der Waals surface area contributed by atoms with E-state index in [0.29, 0.717) is 25.3 Å². The number of anilines is 1. The lowest BCUT2D eigenvalue weighted by Gasteiger charge is -2.33. The van der Waals surface area contributed by atoms with Gasteiger partial charge in [-0.25, -0.2) is 0 Å². The molecule has 0 aliphatic carbocycles. The van der Waals surface area contributed by atoms with Crippen molar-refractivity contribution in [3.63, 3.8) is 0 Å². The first-order valence-corrected chi connectivity index (χ1v) is 8.56. The average molecular weight is 338 g/mol. The number of amides is 2. The first-order chi connectivity index (χ1) is 12.2. The summed E-state index contributed by atoms with van der Waals surface area (Å²) >= 11 is 0. The number of ether oxygens (including phenoxy) is 1. The highest BCUT2D eigenvalue weighted by molar-refractivity contribution is 6.00. The summed E-state index contributed by atoms with van der Waals surface area (Å²) in [6.07, 6.45) is 0.370. The smallest absolute Gasteiger partial charge is 0.268 e. The molecule has 0 radical (unpaired) electrons. The molecule has 0 fully saturated rings. The molecule has 0 bridgehead atoms. The Morgan fingerprint density at radius 2 is 1.84 bits per heavy atom. The summed E-state index contributed by atoms with van der Waals surface area (Å²) in [5.41, 5.74) is 1.78. The summed E-state index contributed by atoms with van der Waals surface area (Å²) in [6, 6.07) is 17.2. The van der Waals surface area contributed by atoms with Crippen LogP contribution < -0.4 is 15.0 Å². The van der Waals surface area contributed by atoms with Gasteiger partial charge in [0.2, 0.25) is 5.91 Å². The van der Waals surface area contributed by atoms with Crippen molar-refractivity contribution in [2.24, 2.45) is 0 Å². The van der Waals surface area contributed by atoms with Gasteiger partial charge < -0.3 is 15.0 Å². The molecule has 0 saturated carbocycles. The molecule has 1 atom stereocenters. The van der Waals surface area contributed by atoms with Crippen LogP contribution >= 0.6 is 0 Å². The second-order valence-corrected chi connectivity index (χ2v) is 5.98. The van der Waals surface area contributed by atoms with Crippen LogP contribution in [0.4, 0.5) is 5.69 Å². The first kappa shape index (κ1) is 17.0. The van der Waals surface area contributed by atoms with E-state index in [2.05, 4.69) is 5.32 Å². The lowest BCUT2D eigenvalue weighted by Crippen LogP contribution is -2.46. The molecule has 0 aromatic heterocycles. The van der Waals surface area contributed by atoms with Crippen LogP contribution in [-0.4, -0.2) is 24.5 Å². The number of benzene rings is 2. The average Bonchev–Trinajstić information content (AvgIpc) is 2.66. The minimum absolute atomic E-state index is 0.0753. The van der Waals surface area contributed by atoms with Crippen molar-refractivity contribution in [3.05, 3.63) is 60.2 Å². The fourth-order valence-electron chi connectivity index (χ4n) is 2.86. The minimum atomic E-state index is -0.484. The molecule has 1 aliphatic rings. The Labute approximate surface area is 147 Å². The molecule has 2 aromatic carbocycles. The largest absolute Gasteiger partial charge is 0.478 e. The summed E-state index contributed by atoms with van der Waals surface area (Å²) in [6.45, 7) is 2.75. The Hall–Kier alpha value is -2.82. The lowest BCUT2D eigenvalue weighted by atomic mass is 10.1. The number of para-hydroxylation sites is 2. The molecule has 2 amide bonds. The van der Waals surface area contributed by atoms with Gasteiger partial charge in [-0.1, -0.05) is 49.4 Å². The van der Waals surface area contributed by atoms with E-state index in [0.717, 1.165) is 11.3 Å². The zero-order valence-corrected chi connectivity index (χ0v) is 14.3. The van der Waals surface area contributed by atoms with Gasteiger partial charge in [-0.15, -0.1) is 0 Å². The zero-order chi connectivity index (χ0) is 17.6. The van der Waals surface area contributed by atoms with E-state index in [1.807, 2.05) is 61.5 Å². The van der Waals surface area contributed by atoms with Crippen LogP contribution in [0.1, 0.15) is 25.3 Å². The van der Waals surface area contributed by atoms with Crippen LogP contribution in [0.25, 0.3) is 0 Å². The van der Waals surface area contributed by atoms with Gasteiger partial charge in [0.15, 0.2) is 6.10 Å². The Kier molecular flexibility index (Phi) is 5.33. The molecule has 1 N–H and O–H groups in total. The van der Waals surface area contributed by atoms with Crippen LogP contribution in [0.2, 0.25) is 0 Å². The third-order valence-corrected chi connectivity index (χ3v) is 4.23. The maximum absolute atomic E-state index is 12.6. The predicted octanol–water partition coefficient (Wildman–Crippen LogP) is 2.90.